The quantitative estimate of drug-likeness (QED) is 0.382. The second-order valence-electron chi connectivity index (χ2n) is 7.22. The molecule has 0 aliphatic heterocycles. The van der Waals surface area contributed by atoms with Crippen LogP contribution in [0.4, 0.5) is 26.3 Å². The zero-order valence-electron chi connectivity index (χ0n) is 17.5. The number of pyridine rings is 1. The summed E-state index contributed by atoms with van der Waals surface area (Å²) in [7, 11) is -4.14. The maximum atomic E-state index is 13.1. The molecule has 4 rings (SSSR count). The van der Waals surface area contributed by atoms with E-state index in [1.165, 1.54) is 6.92 Å². The van der Waals surface area contributed by atoms with Crippen molar-refractivity contribution in [3.63, 3.8) is 0 Å². The van der Waals surface area contributed by atoms with Gasteiger partial charge in [-0.25, -0.2) is 18.1 Å². The number of halogens is 6. The van der Waals surface area contributed by atoms with E-state index < -0.39 is 55.5 Å². The molecule has 8 nitrogen and oxygen atoms in total. The number of alkyl halides is 6. The van der Waals surface area contributed by atoms with Crippen molar-refractivity contribution in [2.24, 2.45) is 0 Å². The molecular weight excluding hydrogens is 504 g/mol. The van der Waals surface area contributed by atoms with Gasteiger partial charge in [0.05, 0.1) is 34.8 Å². The number of hydrogen-bond acceptors (Lipinski definition) is 6. The molecule has 3 aromatic heterocycles. The van der Waals surface area contributed by atoms with Crippen LogP contribution in [0.2, 0.25) is 0 Å². The lowest BCUT2D eigenvalue weighted by atomic mass is 10.1. The SMILES string of the molecule is CCS(=O)(=O)c1cc(-n2ccc(C(F)(F)F)n2)cnc1-n1ncc2ccc(C(F)(F)F)cc2c1=O. The third-order valence-corrected chi connectivity index (χ3v) is 6.72. The predicted molar refractivity (Wildman–Crippen MR) is 110 cm³/mol. The van der Waals surface area contributed by atoms with Gasteiger partial charge in [0, 0.05) is 11.6 Å². The fraction of sp³-hybridized carbons (Fsp3) is 0.200. The molecule has 0 unspecified atom stereocenters. The van der Waals surface area contributed by atoms with E-state index in [0.29, 0.717) is 16.8 Å². The van der Waals surface area contributed by atoms with Gasteiger partial charge in [-0.2, -0.15) is 41.2 Å². The molecule has 0 atom stereocenters. The monoisotopic (exact) mass is 517 g/mol. The van der Waals surface area contributed by atoms with Crippen LogP contribution in [0.5, 0.6) is 0 Å². The van der Waals surface area contributed by atoms with Gasteiger partial charge in [-0.1, -0.05) is 13.0 Å². The molecule has 0 aliphatic rings. The first-order valence-electron chi connectivity index (χ1n) is 9.68. The Morgan fingerprint density at radius 3 is 2.29 bits per heavy atom. The van der Waals surface area contributed by atoms with Gasteiger partial charge < -0.3 is 0 Å². The van der Waals surface area contributed by atoms with Gasteiger partial charge in [-0.15, -0.1) is 0 Å². The molecule has 0 radical (unpaired) electrons. The van der Waals surface area contributed by atoms with Crippen molar-refractivity contribution in [3.8, 4) is 11.5 Å². The standard InChI is InChI=1S/C20H13F6N5O3S/c1-2-35(33,34)15-8-13(30-6-5-16(29-30)20(24,25)26)10-27-17(15)31-18(32)14-7-12(19(21,22)23)4-3-11(14)9-28-31/h3-10H,2H2,1H3. The van der Waals surface area contributed by atoms with Crippen molar-refractivity contribution in [2.75, 3.05) is 5.75 Å². The van der Waals surface area contributed by atoms with Crippen LogP contribution in [0.1, 0.15) is 18.2 Å². The summed E-state index contributed by atoms with van der Waals surface area (Å²) in [6.45, 7) is 1.29. The minimum Gasteiger partial charge on any atom is -0.267 e. The van der Waals surface area contributed by atoms with Crippen LogP contribution in [0, 0.1) is 0 Å². The molecule has 0 spiro atoms. The highest BCUT2D eigenvalue weighted by Crippen LogP contribution is 2.31. The lowest BCUT2D eigenvalue weighted by Crippen LogP contribution is -2.25. The molecule has 0 amide bonds. The summed E-state index contributed by atoms with van der Waals surface area (Å²) in [5.41, 5.74) is -3.55. The lowest BCUT2D eigenvalue weighted by molar-refractivity contribution is -0.141. The maximum absolute atomic E-state index is 13.1. The third kappa shape index (κ3) is 4.50. The van der Waals surface area contributed by atoms with Crippen LogP contribution in [0.15, 0.2) is 58.6 Å². The van der Waals surface area contributed by atoms with Gasteiger partial charge in [0.15, 0.2) is 21.3 Å². The summed E-state index contributed by atoms with van der Waals surface area (Å²) in [4.78, 5) is 16.3. The van der Waals surface area contributed by atoms with Crippen molar-refractivity contribution in [2.45, 2.75) is 24.2 Å². The van der Waals surface area contributed by atoms with Gasteiger partial charge in [0.25, 0.3) is 5.56 Å². The van der Waals surface area contributed by atoms with Crippen molar-refractivity contribution in [3.05, 3.63) is 70.5 Å². The molecule has 35 heavy (non-hydrogen) atoms. The predicted octanol–water partition coefficient (Wildman–Crippen LogP) is 3.80. The van der Waals surface area contributed by atoms with Crippen LogP contribution in [0.25, 0.3) is 22.3 Å². The van der Waals surface area contributed by atoms with Gasteiger partial charge >= 0.3 is 12.4 Å². The Balaban J connectivity index is 1.94. The Hall–Kier alpha value is -3.75. The Kier molecular flexibility index (Phi) is 5.70. The fourth-order valence-electron chi connectivity index (χ4n) is 3.18. The number of benzene rings is 1. The van der Waals surface area contributed by atoms with Gasteiger partial charge in [-0.3, -0.25) is 4.79 Å². The highest BCUT2D eigenvalue weighted by molar-refractivity contribution is 7.91. The van der Waals surface area contributed by atoms with E-state index in [1.54, 1.807) is 0 Å². The molecule has 15 heteroatoms. The molecular formula is C20H13F6N5O3S. The third-order valence-electron chi connectivity index (χ3n) is 4.99. The first-order valence-corrected chi connectivity index (χ1v) is 11.3. The molecule has 0 N–H and O–H groups in total. The van der Waals surface area contributed by atoms with E-state index in [2.05, 4.69) is 15.2 Å². The zero-order valence-corrected chi connectivity index (χ0v) is 18.3. The van der Waals surface area contributed by atoms with E-state index in [1.807, 2.05) is 0 Å². The Morgan fingerprint density at radius 2 is 1.69 bits per heavy atom. The van der Waals surface area contributed by atoms with Crippen LogP contribution < -0.4 is 5.56 Å². The van der Waals surface area contributed by atoms with E-state index in [4.69, 9.17) is 0 Å². The Bertz CT molecular complexity index is 1610. The van der Waals surface area contributed by atoms with Crippen molar-refractivity contribution in [1.29, 1.82) is 0 Å². The number of hydrogen-bond donors (Lipinski definition) is 0. The number of aromatic nitrogens is 5. The average Bonchev–Trinajstić information content (AvgIpc) is 3.29. The van der Waals surface area contributed by atoms with E-state index in [-0.39, 0.29) is 16.5 Å². The summed E-state index contributed by atoms with van der Waals surface area (Å²) in [5.74, 6) is -0.999. The maximum Gasteiger partial charge on any atom is 0.435 e. The summed E-state index contributed by atoms with van der Waals surface area (Å²) < 4.78 is 105. The highest BCUT2D eigenvalue weighted by atomic mass is 32.2. The Morgan fingerprint density at radius 1 is 0.971 bits per heavy atom. The molecule has 4 aromatic rings. The molecule has 0 saturated carbocycles. The lowest BCUT2D eigenvalue weighted by Gasteiger charge is -2.13. The molecule has 0 bridgehead atoms. The minimum atomic E-state index is -4.74. The topological polar surface area (TPSA) is 99.7 Å². The largest absolute Gasteiger partial charge is 0.435 e. The fourth-order valence-corrected chi connectivity index (χ4v) is 4.21. The molecule has 0 saturated heterocycles. The average molecular weight is 517 g/mol. The van der Waals surface area contributed by atoms with Crippen LogP contribution in [0.3, 0.4) is 0 Å². The zero-order chi connectivity index (χ0) is 25.8. The van der Waals surface area contributed by atoms with Gasteiger partial charge in [-0.05, 0) is 24.3 Å². The van der Waals surface area contributed by atoms with Gasteiger partial charge in [0.2, 0.25) is 0 Å². The summed E-state index contributed by atoms with van der Waals surface area (Å²) in [6.07, 6.45) is -6.50. The van der Waals surface area contributed by atoms with E-state index in [0.717, 1.165) is 41.5 Å². The molecule has 0 aliphatic carbocycles. The van der Waals surface area contributed by atoms with E-state index in [9.17, 15) is 39.6 Å². The molecule has 1 aromatic carbocycles. The molecule has 0 fully saturated rings. The van der Waals surface area contributed by atoms with E-state index >= 15 is 0 Å². The molecule has 3 heterocycles. The van der Waals surface area contributed by atoms with Gasteiger partial charge in [0.1, 0.15) is 4.90 Å². The smallest absolute Gasteiger partial charge is 0.267 e. The minimum absolute atomic E-state index is 0.0759. The number of nitrogens with zero attached hydrogens (tertiary/aromatic N) is 5. The second kappa shape index (κ2) is 8.18. The first kappa shape index (κ1) is 24.4. The molecule has 184 valence electrons. The Labute approximate surface area is 192 Å². The number of fused-ring (bicyclic) bond motifs is 1. The summed E-state index contributed by atoms with van der Waals surface area (Å²) in [6, 6.07) is 4.06. The van der Waals surface area contributed by atoms with Crippen LogP contribution in [-0.4, -0.2) is 38.7 Å². The normalized spacial score (nSPS) is 12.9. The van der Waals surface area contributed by atoms with Crippen molar-refractivity contribution >= 4 is 20.6 Å². The number of rotatable bonds is 4. The highest BCUT2D eigenvalue weighted by Gasteiger charge is 2.34. The first-order chi connectivity index (χ1) is 16.2. The van der Waals surface area contributed by atoms with Crippen molar-refractivity contribution in [1.82, 2.24) is 24.5 Å². The summed E-state index contributed by atoms with van der Waals surface area (Å²) in [5, 5.41) is 6.89. The van der Waals surface area contributed by atoms with Crippen LogP contribution in [-0.2, 0) is 22.2 Å². The number of sulfone groups is 1. The van der Waals surface area contributed by atoms with Crippen LogP contribution >= 0.6 is 0 Å². The second-order valence-corrected chi connectivity index (χ2v) is 9.47. The summed E-state index contributed by atoms with van der Waals surface area (Å²) >= 11 is 0. The van der Waals surface area contributed by atoms with Crippen molar-refractivity contribution < 1.29 is 34.8 Å².